The molecule has 0 bridgehead atoms. The van der Waals surface area contributed by atoms with Gasteiger partial charge in [0.25, 0.3) is 0 Å². The highest BCUT2D eigenvalue weighted by molar-refractivity contribution is 14.1. The van der Waals surface area contributed by atoms with Gasteiger partial charge in [0.05, 0.1) is 0 Å². The molecule has 1 aliphatic carbocycles. The van der Waals surface area contributed by atoms with Crippen molar-refractivity contribution in [2.75, 3.05) is 5.32 Å². The molecule has 0 fully saturated rings. The van der Waals surface area contributed by atoms with Gasteiger partial charge in [-0.3, -0.25) is 0 Å². The van der Waals surface area contributed by atoms with E-state index in [1.165, 1.54) is 3.57 Å². The molecule has 0 saturated carbocycles. The molecule has 1 N–H and O–H groups in total. The van der Waals surface area contributed by atoms with E-state index < -0.39 is 0 Å². The Morgan fingerprint density at radius 1 is 1.06 bits per heavy atom. The highest BCUT2D eigenvalue weighted by Crippen LogP contribution is 2.23. The molecule has 0 heterocycles. The van der Waals surface area contributed by atoms with Crippen LogP contribution in [0.4, 0.5) is 5.69 Å². The number of benzene rings is 1. The topological polar surface area (TPSA) is 12.0 Å². The molecule has 0 amide bonds. The third-order valence-corrected chi connectivity index (χ3v) is 3.35. The van der Waals surface area contributed by atoms with E-state index >= 15 is 0 Å². The summed E-state index contributed by atoms with van der Waals surface area (Å²) < 4.78 is 1.25. The number of nitrogens with one attached hydrogen (secondary N) is 1. The van der Waals surface area contributed by atoms with E-state index in [1.807, 2.05) is 0 Å². The van der Waals surface area contributed by atoms with Crippen LogP contribution in [0.3, 0.4) is 0 Å². The SMILES string of the molecule is CC1(C)C=CC=C(Nc2ccc(I)cc2)C=C1. The molecule has 2 heteroatoms. The Morgan fingerprint density at radius 2 is 1.76 bits per heavy atom. The number of halogens is 1. The van der Waals surface area contributed by atoms with Crippen molar-refractivity contribution in [3.8, 4) is 0 Å². The number of hydrogen-bond donors (Lipinski definition) is 1. The second-order valence-electron chi connectivity index (χ2n) is 4.77. The highest BCUT2D eigenvalue weighted by Gasteiger charge is 2.10. The maximum Gasteiger partial charge on any atom is 0.0384 e. The smallest absolute Gasteiger partial charge is 0.0384 e. The zero-order chi connectivity index (χ0) is 12.3. The van der Waals surface area contributed by atoms with Gasteiger partial charge >= 0.3 is 0 Å². The van der Waals surface area contributed by atoms with E-state index in [0.29, 0.717) is 0 Å². The Morgan fingerprint density at radius 3 is 2.47 bits per heavy atom. The molecule has 0 aliphatic heterocycles. The van der Waals surface area contributed by atoms with Gasteiger partial charge in [0.2, 0.25) is 0 Å². The number of anilines is 1. The highest BCUT2D eigenvalue weighted by atomic mass is 127. The summed E-state index contributed by atoms with van der Waals surface area (Å²) in [7, 11) is 0. The maximum absolute atomic E-state index is 3.41. The van der Waals surface area contributed by atoms with Gasteiger partial charge in [-0.2, -0.15) is 0 Å². The zero-order valence-electron chi connectivity index (χ0n) is 10.1. The summed E-state index contributed by atoms with van der Waals surface area (Å²) in [4.78, 5) is 0. The average Bonchev–Trinajstić information content (AvgIpc) is 2.44. The van der Waals surface area contributed by atoms with Crippen LogP contribution in [0.2, 0.25) is 0 Å². The van der Waals surface area contributed by atoms with Crippen LogP contribution in [0.25, 0.3) is 0 Å². The summed E-state index contributed by atoms with van der Waals surface area (Å²) in [6, 6.07) is 8.39. The van der Waals surface area contributed by atoms with E-state index in [0.717, 1.165) is 11.4 Å². The van der Waals surface area contributed by atoms with Crippen molar-refractivity contribution in [3.05, 3.63) is 63.9 Å². The monoisotopic (exact) mass is 337 g/mol. The maximum atomic E-state index is 3.41. The lowest BCUT2D eigenvalue weighted by Gasteiger charge is -2.12. The predicted octanol–water partition coefficient (Wildman–Crippen LogP) is 4.74. The van der Waals surface area contributed by atoms with Crippen LogP contribution in [0.15, 0.2) is 60.3 Å². The molecule has 1 aromatic carbocycles. The molecule has 88 valence electrons. The van der Waals surface area contributed by atoms with E-state index in [4.69, 9.17) is 0 Å². The number of allylic oxidation sites excluding steroid dienone is 5. The summed E-state index contributed by atoms with van der Waals surface area (Å²) in [5.41, 5.74) is 2.37. The van der Waals surface area contributed by atoms with Crippen LogP contribution >= 0.6 is 22.6 Å². The Balaban J connectivity index is 2.13. The summed E-state index contributed by atoms with van der Waals surface area (Å²) in [6.07, 6.45) is 10.8. The van der Waals surface area contributed by atoms with Crippen molar-refractivity contribution in [1.29, 1.82) is 0 Å². The fraction of sp³-hybridized carbons (Fsp3) is 0.200. The van der Waals surface area contributed by atoms with Crippen molar-refractivity contribution >= 4 is 28.3 Å². The minimum Gasteiger partial charge on any atom is -0.356 e. The van der Waals surface area contributed by atoms with Crippen molar-refractivity contribution in [2.24, 2.45) is 5.41 Å². The van der Waals surface area contributed by atoms with Crippen molar-refractivity contribution in [2.45, 2.75) is 13.8 Å². The first kappa shape index (κ1) is 12.4. The third kappa shape index (κ3) is 3.73. The standard InChI is InChI=1S/C15H16IN/c1-15(2)10-3-4-13(9-11-15)17-14-7-5-12(16)6-8-14/h3-11,17H,1-2H3. The molecule has 2 rings (SSSR count). The Bertz CT molecular complexity index is 478. The lowest BCUT2D eigenvalue weighted by Crippen LogP contribution is -2.01. The third-order valence-electron chi connectivity index (χ3n) is 2.63. The largest absolute Gasteiger partial charge is 0.356 e. The Labute approximate surface area is 116 Å². The first-order valence-corrected chi connectivity index (χ1v) is 6.74. The molecule has 1 nitrogen and oxygen atoms in total. The van der Waals surface area contributed by atoms with Gasteiger partial charge in [-0.15, -0.1) is 0 Å². The minimum atomic E-state index is 0.131. The second kappa shape index (κ2) is 5.08. The zero-order valence-corrected chi connectivity index (χ0v) is 12.2. The molecule has 0 saturated heterocycles. The summed E-state index contributed by atoms with van der Waals surface area (Å²) >= 11 is 2.31. The average molecular weight is 337 g/mol. The Kier molecular flexibility index (Phi) is 3.72. The van der Waals surface area contributed by atoms with E-state index in [1.54, 1.807) is 0 Å². The lowest BCUT2D eigenvalue weighted by molar-refractivity contribution is 0.627. The summed E-state index contributed by atoms with van der Waals surface area (Å²) in [6.45, 7) is 4.39. The van der Waals surface area contributed by atoms with Crippen LogP contribution in [-0.4, -0.2) is 0 Å². The van der Waals surface area contributed by atoms with Crippen LogP contribution < -0.4 is 5.32 Å². The van der Waals surface area contributed by atoms with Crippen LogP contribution in [0, 0.1) is 8.99 Å². The molecule has 0 aromatic heterocycles. The molecule has 1 aromatic rings. The van der Waals surface area contributed by atoms with E-state index in [9.17, 15) is 0 Å². The molecule has 0 unspecified atom stereocenters. The van der Waals surface area contributed by atoms with Gasteiger partial charge < -0.3 is 5.32 Å². The second-order valence-corrected chi connectivity index (χ2v) is 6.01. The van der Waals surface area contributed by atoms with E-state index in [2.05, 4.69) is 96.4 Å². The molecule has 17 heavy (non-hydrogen) atoms. The van der Waals surface area contributed by atoms with Crippen molar-refractivity contribution in [1.82, 2.24) is 0 Å². The lowest BCUT2D eigenvalue weighted by atomic mass is 9.93. The van der Waals surface area contributed by atoms with Crippen molar-refractivity contribution < 1.29 is 0 Å². The normalized spacial score (nSPS) is 17.5. The van der Waals surface area contributed by atoms with E-state index in [-0.39, 0.29) is 5.41 Å². The molecule has 1 aliphatic rings. The van der Waals surface area contributed by atoms with Crippen LogP contribution in [0.5, 0.6) is 0 Å². The van der Waals surface area contributed by atoms with Gasteiger partial charge in [0.1, 0.15) is 0 Å². The van der Waals surface area contributed by atoms with Gasteiger partial charge in [-0.05, 0) is 59.0 Å². The first-order chi connectivity index (χ1) is 8.05. The molecule has 0 spiro atoms. The van der Waals surface area contributed by atoms with Crippen LogP contribution in [-0.2, 0) is 0 Å². The molecular weight excluding hydrogens is 321 g/mol. The van der Waals surface area contributed by atoms with Gasteiger partial charge in [0, 0.05) is 20.4 Å². The van der Waals surface area contributed by atoms with Gasteiger partial charge in [-0.25, -0.2) is 0 Å². The van der Waals surface area contributed by atoms with Crippen molar-refractivity contribution in [3.63, 3.8) is 0 Å². The fourth-order valence-corrected chi connectivity index (χ4v) is 1.96. The summed E-state index contributed by atoms with van der Waals surface area (Å²) in [5, 5.41) is 3.41. The first-order valence-electron chi connectivity index (χ1n) is 5.67. The van der Waals surface area contributed by atoms with Gasteiger partial charge in [0.15, 0.2) is 0 Å². The molecule has 0 radical (unpaired) electrons. The molecule has 0 atom stereocenters. The Hall–Kier alpha value is -1.03. The van der Waals surface area contributed by atoms with Crippen LogP contribution in [0.1, 0.15) is 13.8 Å². The molecular formula is C15H16IN. The minimum absolute atomic E-state index is 0.131. The van der Waals surface area contributed by atoms with Gasteiger partial charge in [-0.1, -0.05) is 32.1 Å². The predicted molar refractivity (Wildman–Crippen MR) is 82.9 cm³/mol. The quantitative estimate of drug-likeness (QED) is 0.769. The number of hydrogen-bond acceptors (Lipinski definition) is 1. The summed E-state index contributed by atoms with van der Waals surface area (Å²) in [5.74, 6) is 0. The fourth-order valence-electron chi connectivity index (χ4n) is 1.60. The number of rotatable bonds is 2.